The van der Waals surface area contributed by atoms with Gasteiger partial charge in [0.25, 0.3) is 0 Å². The van der Waals surface area contributed by atoms with Crippen LogP contribution in [0.5, 0.6) is 11.5 Å². The number of benzene rings is 2. The molecule has 0 unspecified atom stereocenters. The van der Waals surface area contributed by atoms with Crippen LogP contribution in [0.2, 0.25) is 5.02 Å². The number of hydrogen-bond acceptors (Lipinski definition) is 4. The number of rotatable bonds is 5. The van der Waals surface area contributed by atoms with E-state index in [9.17, 15) is 14.9 Å². The molecule has 0 atom stereocenters. The molecule has 0 amide bonds. The predicted molar refractivity (Wildman–Crippen MR) is 81.3 cm³/mol. The van der Waals surface area contributed by atoms with Crippen molar-refractivity contribution in [1.82, 2.24) is 0 Å². The number of aliphatic carboxylic acids is 1. The van der Waals surface area contributed by atoms with Crippen molar-refractivity contribution in [2.75, 3.05) is 0 Å². The Labute approximate surface area is 130 Å². The second-order valence-electron chi connectivity index (χ2n) is 4.22. The lowest BCUT2D eigenvalue weighted by Gasteiger charge is -2.07. The molecule has 1 N–H and O–H groups in total. The van der Waals surface area contributed by atoms with Crippen LogP contribution in [-0.2, 0) is 4.79 Å². The average Bonchev–Trinajstić information content (AvgIpc) is 2.46. The Morgan fingerprint density at radius 3 is 2.68 bits per heavy atom. The van der Waals surface area contributed by atoms with Crippen molar-refractivity contribution in [3.05, 3.63) is 69.2 Å². The van der Waals surface area contributed by atoms with E-state index >= 15 is 0 Å². The monoisotopic (exact) mass is 319 g/mol. The Bertz CT molecular complexity index is 757. The summed E-state index contributed by atoms with van der Waals surface area (Å²) in [4.78, 5) is 21.0. The molecule has 0 saturated heterocycles. The summed E-state index contributed by atoms with van der Waals surface area (Å²) >= 11 is 5.83. The third-order valence-electron chi connectivity index (χ3n) is 2.62. The summed E-state index contributed by atoms with van der Waals surface area (Å²) in [6.07, 6.45) is 2.16. The number of nitrogens with zero attached hydrogens (tertiary/aromatic N) is 1. The molecule has 6 nitrogen and oxygen atoms in total. The molecule has 0 aromatic heterocycles. The zero-order valence-corrected chi connectivity index (χ0v) is 11.9. The standard InChI is InChI=1S/C15H10ClNO5/c16-11-2-1-3-12(9-11)22-14-6-4-10(5-7-15(18)19)8-13(14)17(20)21/h1-9H,(H,18,19). The fourth-order valence-electron chi connectivity index (χ4n) is 1.69. The lowest BCUT2D eigenvalue weighted by Crippen LogP contribution is -1.94. The van der Waals surface area contributed by atoms with Gasteiger partial charge in [0.05, 0.1) is 4.92 Å². The molecule has 0 aliphatic heterocycles. The third kappa shape index (κ3) is 4.07. The van der Waals surface area contributed by atoms with E-state index < -0.39 is 10.9 Å². The number of carboxylic acid groups (broad SMARTS) is 1. The van der Waals surface area contributed by atoms with Crippen molar-refractivity contribution in [1.29, 1.82) is 0 Å². The number of carbonyl (C=O) groups is 1. The largest absolute Gasteiger partial charge is 0.478 e. The van der Waals surface area contributed by atoms with E-state index in [0.29, 0.717) is 16.3 Å². The number of ether oxygens (including phenoxy) is 1. The van der Waals surface area contributed by atoms with Gasteiger partial charge in [-0.1, -0.05) is 23.7 Å². The highest BCUT2D eigenvalue weighted by Gasteiger charge is 2.16. The SMILES string of the molecule is O=C(O)C=Cc1ccc(Oc2cccc(Cl)c2)c([N+](=O)[O-])c1. The highest BCUT2D eigenvalue weighted by molar-refractivity contribution is 6.30. The van der Waals surface area contributed by atoms with E-state index in [1.165, 1.54) is 30.3 Å². The third-order valence-corrected chi connectivity index (χ3v) is 2.86. The number of carboxylic acids is 1. The van der Waals surface area contributed by atoms with Gasteiger partial charge in [-0.05, 0) is 35.9 Å². The Balaban J connectivity index is 2.35. The molecular formula is C15H10ClNO5. The van der Waals surface area contributed by atoms with Gasteiger partial charge in [0, 0.05) is 17.2 Å². The maximum atomic E-state index is 11.1. The minimum atomic E-state index is -1.14. The molecule has 112 valence electrons. The fourth-order valence-corrected chi connectivity index (χ4v) is 1.87. The van der Waals surface area contributed by atoms with Crippen molar-refractivity contribution < 1.29 is 19.6 Å². The van der Waals surface area contributed by atoms with Crippen LogP contribution in [0.25, 0.3) is 6.08 Å². The molecule has 0 aliphatic rings. The second kappa shape index (κ2) is 6.73. The molecule has 0 bridgehead atoms. The van der Waals surface area contributed by atoms with Crippen LogP contribution in [0, 0.1) is 10.1 Å². The summed E-state index contributed by atoms with van der Waals surface area (Å²) in [6.45, 7) is 0. The first-order valence-corrected chi connectivity index (χ1v) is 6.46. The molecule has 0 aliphatic carbocycles. The van der Waals surface area contributed by atoms with E-state index in [-0.39, 0.29) is 11.4 Å². The summed E-state index contributed by atoms with van der Waals surface area (Å²) < 4.78 is 5.47. The molecule has 7 heteroatoms. The summed E-state index contributed by atoms with van der Waals surface area (Å²) in [7, 11) is 0. The maximum Gasteiger partial charge on any atom is 0.328 e. The van der Waals surface area contributed by atoms with Gasteiger partial charge in [0.1, 0.15) is 5.75 Å². The van der Waals surface area contributed by atoms with Gasteiger partial charge in [0.15, 0.2) is 0 Å². The smallest absolute Gasteiger partial charge is 0.328 e. The molecule has 2 aromatic carbocycles. The number of hydrogen-bond donors (Lipinski definition) is 1. The first kappa shape index (κ1) is 15.5. The topological polar surface area (TPSA) is 89.7 Å². The molecule has 0 fully saturated rings. The van der Waals surface area contributed by atoms with Crippen LogP contribution in [0.1, 0.15) is 5.56 Å². The normalized spacial score (nSPS) is 10.6. The van der Waals surface area contributed by atoms with Gasteiger partial charge in [0.2, 0.25) is 5.75 Å². The lowest BCUT2D eigenvalue weighted by atomic mass is 10.1. The minimum Gasteiger partial charge on any atom is -0.478 e. The number of halogens is 1. The van der Waals surface area contributed by atoms with Crippen molar-refractivity contribution in [3.63, 3.8) is 0 Å². The van der Waals surface area contributed by atoms with Crippen molar-refractivity contribution in [2.45, 2.75) is 0 Å². The molecular weight excluding hydrogens is 310 g/mol. The zero-order valence-electron chi connectivity index (χ0n) is 11.1. The van der Waals surface area contributed by atoms with Gasteiger partial charge in [-0.25, -0.2) is 4.79 Å². The highest BCUT2D eigenvalue weighted by atomic mass is 35.5. The summed E-state index contributed by atoms with van der Waals surface area (Å²) in [5.41, 5.74) is 0.111. The van der Waals surface area contributed by atoms with Gasteiger partial charge >= 0.3 is 11.7 Å². The zero-order chi connectivity index (χ0) is 16.1. The Morgan fingerprint density at radius 1 is 1.27 bits per heavy atom. The predicted octanol–water partition coefficient (Wildman–Crippen LogP) is 4.14. The number of nitro groups is 1. The van der Waals surface area contributed by atoms with E-state index in [4.69, 9.17) is 21.4 Å². The van der Waals surface area contributed by atoms with Gasteiger partial charge < -0.3 is 9.84 Å². The van der Waals surface area contributed by atoms with Crippen LogP contribution < -0.4 is 4.74 Å². The first-order chi connectivity index (χ1) is 10.5. The molecule has 2 rings (SSSR count). The van der Waals surface area contributed by atoms with E-state index in [1.807, 2.05) is 0 Å². The summed E-state index contributed by atoms with van der Waals surface area (Å²) in [6, 6.07) is 10.6. The molecule has 2 aromatic rings. The van der Waals surface area contributed by atoms with Crippen molar-refractivity contribution >= 4 is 29.3 Å². The quantitative estimate of drug-likeness (QED) is 0.508. The molecule has 0 radical (unpaired) electrons. The second-order valence-corrected chi connectivity index (χ2v) is 4.65. The molecule has 0 saturated carbocycles. The number of nitro benzene ring substituents is 1. The average molecular weight is 320 g/mol. The highest BCUT2D eigenvalue weighted by Crippen LogP contribution is 2.33. The van der Waals surface area contributed by atoms with Crippen molar-refractivity contribution in [2.24, 2.45) is 0 Å². The molecule has 0 heterocycles. The fraction of sp³-hybridized carbons (Fsp3) is 0. The summed E-state index contributed by atoms with van der Waals surface area (Å²) in [5, 5.41) is 20.1. The Kier molecular flexibility index (Phi) is 4.75. The van der Waals surface area contributed by atoms with E-state index in [2.05, 4.69) is 0 Å². The van der Waals surface area contributed by atoms with E-state index in [1.54, 1.807) is 18.2 Å². The van der Waals surface area contributed by atoms with E-state index in [0.717, 1.165) is 6.08 Å². The molecule has 22 heavy (non-hydrogen) atoms. The van der Waals surface area contributed by atoms with Crippen LogP contribution in [0.3, 0.4) is 0 Å². The van der Waals surface area contributed by atoms with Gasteiger partial charge in [-0.2, -0.15) is 0 Å². The summed E-state index contributed by atoms with van der Waals surface area (Å²) in [5.74, 6) is -0.730. The van der Waals surface area contributed by atoms with Crippen molar-refractivity contribution in [3.8, 4) is 11.5 Å². The minimum absolute atomic E-state index is 0.0414. The Morgan fingerprint density at radius 2 is 2.05 bits per heavy atom. The Hall–Kier alpha value is -2.86. The van der Waals surface area contributed by atoms with Crippen LogP contribution in [0.4, 0.5) is 5.69 Å². The van der Waals surface area contributed by atoms with Gasteiger partial charge in [-0.3, -0.25) is 10.1 Å². The van der Waals surface area contributed by atoms with Crippen LogP contribution >= 0.6 is 11.6 Å². The lowest BCUT2D eigenvalue weighted by molar-refractivity contribution is -0.385. The van der Waals surface area contributed by atoms with Gasteiger partial charge in [-0.15, -0.1) is 0 Å². The molecule has 0 spiro atoms. The van der Waals surface area contributed by atoms with Crippen LogP contribution in [-0.4, -0.2) is 16.0 Å². The van der Waals surface area contributed by atoms with Crippen LogP contribution in [0.15, 0.2) is 48.5 Å². The maximum absolute atomic E-state index is 11.1. The first-order valence-electron chi connectivity index (χ1n) is 6.08.